The summed E-state index contributed by atoms with van der Waals surface area (Å²) in [5.41, 5.74) is 0.319. The van der Waals surface area contributed by atoms with Crippen LogP contribution in [0.3, 0.4) is 0 Å². The van der Waals surface area contributed by atoms with Crippen molar-refractivity contribution in [3.8, 4) is 0 Å². The molecule has 2 aliphatic rings. The van der Waals surface area contributed by atoms with Gasteiger partial charge in [-0.15, -0.1) is 0 Å². The van der Waals surface area contributed by atoms with E-state index >= 15 is 0 Å². The van der Waals surface area contributed by atoms with E-state index in [1.165, 1.54) is 0 Å². The molecule has 1 N–H and O–H groups in total. The van der Waals surface area contributed by atoms with Gasteiger partial charge in [-0.3, -0.25) is 0 Å². The maximum absolute atomic E-state index is 5.79. The van der Waals surface area contributed by atoms with Gasteiger partial charge in [0.25, 0.3) is 0 Å². The van der Waals surface area contributed by atoms with Gasteiger partial charge >= 0.3 is 0 Å². The summed E-state index contributed by atoms with van der Waals surface area (Å²) in [4.78, 5) is 3.88. The molecule has 20 heavy (non-hydrogen) atoms. The first-order valence-corrected chi connectivity index (χ1v) is 10.6. The molecule has 0 aromatic rings. The van der Waals surface area contributed by atoms with E-state index in [0.717, 1.165) is 12.8 Å². The van der Waals surface area contributed by atoms with Crippen LogP contribution < -0.4 is 4.98 Å². The van der Waals surface area contributed by atoms with E-state index in [-0.39, 0.29) is 17.1 Å². The van der Waals surface area contributed by atoms with Crippen LogP contribution in [0.25, 0.3) is 0 Å². The van der Waals surface area contributed by atoms with E-state index in [1.807, 2.05) is 7.11 Å². The molecule has 2 unspecified atom stereocenters. The molecule has 1 spiro atoms. The van der Waals surface area contributed by atoms with Crippen LogP contribution in [-0.2, 0) is 4.74 Å². The summed E-state index contributed by atoms with van der Waals surface area (Å²) in [6, 6.07) is 0. The highest BCUT2D eigenvalue weighted by molar-refractivity contribution is 6.82. The van der Waals surface area contributed by atoms with Crippen LogP contribution in [0.2, 0.25) is 13.1 Å². The number of hydrogen-bond donors (Lipinski definition) is 1. The summed E-state index contributed by atoms with van der Waals surface area (Å²) in [6.07, 6.45) is 13.8. The second-order valence-corrected chi connectivity index (χ2v) is 11.9. The van der Waals surface area contributed by atoms with Gasteiger partial charge in [-0.25, -0.2) is 0 Å². The fraction of sp³-hybridized carbons (Fsp3) is 0.647. The van der Waals surface area contributed by atoms with Gasteiger partial charge in [0.15, 0.2) is 0 Å². The Kier molecular flexibility index (Phi) is 4.16. The Morgan fingerprint density at radius 3 is 2.50 bits per heavy atom. The van der Waals surface area contributed by atoms with Crippen LogP contribution in [0.4, 0.5) is 0 Å². The molecular weight excluding hydrogens is 262 g/mol. The summed E-state index contributed by atoms with van der Waals surface area (Å²) in [5.74, 6) is 0. The average molecular weight is 292 g/mol. The molecule has 0 aliphatic heterocycles. The molecule has 0 aromatic heterocycles. The molecule has 0 saturated carbocycles. The number of rotatable bonds is 3. The quantitative estimate of drug-likeness (QED) is 0.795. The van der Waals surface area contributed by atoms with Gasteiger partial charge in [-0.05, 0) is 33.6 Å². The zero-order valence-electron chi connectivity index (χ0n) is 13.8. The number of nitrogens with one attached hydrogen (secondary N) is 1. The molecule has 0 saturated heterocycles. The Morgan fingerprint density at radius 1 is 1.30 bits per heavy atom. The maximum Gasteiger partial charge on any atom is 0.147 e. The zero-order chi connectivity index (χ0) is 15.0. The second kappa shape index (κ2) is 5.28. The molecule has 0 heterocycles. The fourth-order valence-corrected chi connectivity index (χ4v) is 7.01. The molecule has 112 valence electrons. The van der Waals surface area contributed by atoms with Crippen molar-refractivity contribution in [3.63, 3.8) is 0 Å². The van der Waals surface area contributed by atoms with E-state index in [9.17, 15) is 0 Å². The van der Waals surface area contributed by atoms with Crippen molar-refractivity contribution in [1.82, 2.24) is 4.98 Å². The van der Waals surface area contributed by atoms with Gasteiger partial charge in [0.2, 0.25) is 0 Å². The Morgan fingerprint density at radius 2 is 2.00 bits per heavy atom. The van der Waals surface area contributed by atoms with Crippen LogP contribution in [0.5, 0.6) is 0 Å². The standard InChI is InChI=1S/C17H29NOSi/c1-16(2,3)18-20(5,6)14-12-15(19-4)17(13-14)10-8-7-9-11-17/h7-10,12,15,18H,11,13H2,1-6H3. The number of hydrogen-bond acceptors (Lipinski definition) is 2. The highest BCUT2D eigenvalue weighted by Gasteiger charge is 2.45. The van der Waals surface area contributed by atoms with Crippen LogP contribution in [0.1, 0.15) is 33.6 Å². The van der Waals surface area contributed by atoms with Gasteiger partial charge in [0, 0.05) is 18.1 Å². The SMILES string of the molecule is COC1C=C([Si](C)(C)NC(C)(C)C)CC12C=CC=CC2. The van der Waals surface area contributed by atoms with Crippen molar-refractivity contribution in [3.05, 3.63) is 35.6 Å². The molecule has 3 heteroatoms. The van der Waals surface area contributed by atoms with Crippen molar-refractivity contribution >= 4 is 8.24 Å². The van der Waals surface area contributed by atoms with E-state index < -0.39 is 8.24 Å². The van der Waals surface area contributed by atoms with E-state index in [0.29, 0.717) is 0 Å². The number of allylic oxidation sites excluding steroid dienone is 4. The van der Waals surface area contributed by atoms with Gasteiger partial charge in [0.05, 0.1) is 6.10 Å². The number of methoxy groups -OCH3 is 1. The third-order valence-corrected chi connectivity index (χ3v) is 7.68. The molecule has 2 nitrogen and oxygen atoms in total. The van der Waals surface area contributed by atoms with Crippen molar-refractivity contribution in [1.29, 1.82) is 0 Å². The first kappa shape index (κ1) is 15.7. The predicted octanol–water partition coefficient (Wildman–Crippen LogP) is 3.97. The Bertz CT molecular complexity index is 456. The highest BCUT2D eigenvalue weighted by atomic mass is 28.3. The smallest absolute Gasteiger partial charge is 0.147 e. The molecule has 0 amide bonds. The van der Waals surface area contributed by atoms with Gasteiger partial charge in [-0.2, -0.15) is 0 Å². The average Bonchev–Trinajstić information content (AvgIpc) is 2.66. The van der Waals surface area contributed by atoms with Crippen molar-refractivity contribution in [2.45, 2.75) is 58.3 Å². The summed E-state index contributed by atoms with van der Waals surface area (Å²) in [5, 5.41) is 1.60. The first-order valence-electron chi connectivity index (χ1n) is 7.56. The van der Waals surface area contributed by atoms with Gasteiger partial charge in [0.1, 0.15) is 8.24 Å². The molecular formula is C17H29NOSi. The molecule has 0 aromatic carbocycles. The van der Waals surface area contributed by atoms with E-state index in [1.54, 1.807) is 5.20 Å². The normalized spacial score (nSPS) is 30.1. The lowest BCUT2D eigenvalue weighted by molar-refractivity contribution is 0.0614. The lowest BCUT2D eigenvalue weighted by Gasteiger charge is -2.36. The Hall–Kier alpha value is -0.643. The molecule has 2 aliphatic carbocycles. The van der Waals surface area contributed by atoms with Crippen LogP contribution in [0, 0.1) is 5.41 Å². The van der Waals surface area contributed by atoms with Gasteiger partial charge in [-0.1, -0.05) is 48.7 Å². The van der Waals surface area contributed by atoms with Crippen LogP contribution >= 0.6 is 0 Å². The first-order chi connectivity index (χ1) is 9.19. The summed E-state index contributed by atoms with van der Waals surface area (Å²) < 4.78 is 5.79. The predicted molar refractivity (Wildman–Crippen MR) is 89.2 cm³/mol. The van der Waals surface area contributed by atoms with E-state index in [2.05, 4.69) is 69.2 Å². The lowest BCUT2D eigenvalue weighted by atomic mass is 9.77. The largest absolute Gasteiger partial charge is 0.376 e. The lowest BCUT2D eigenvalue weighted by Crippen LogP contribution is -2.55. The van der Waals surface area contributed by atoms with Crippen LogP contribution in [-0.4, -0.2) is 27.0 Å². The second-order valence-electron chi connectivity index (χ2n) is 7.75. The Labute approximate surface area is 125 Å². The van der Waals surface area contributed by atoms with E-state index in [4.69, 9.17) is 4.74 Å². The third kappa shape index (κ3) is 3.16. The third-order valence-electron chi connectivity index (χ3n) is 4.36. The Balaban J connectivity index is 2.23. The minimum atomic E-state index is -1.60. The van der Waals surface area contributed by atoms with Crippen LogP contribution in [0.15, 0.2) is 35.6 Å². The molecule has 2 rings (SSSR count). The van der Waals surface area contributed by atoms with Gasteiger partial charge < -0.3 is 9.72 Å². The highest BCUT2D eigenvalue weighted by Crippen LogP contribution is 2.47. The summed E-state index contributed by atoms with van der Waals surface area (Å²) >= 11 is 0. The number of ether oxygens (including phenoxy) is 1. The minimum absolute atomic E-state index is 0.155. The molecule has 0 fully saturated rings. The minimum Gasteiger partial charge on any atom is -0.376 e. The zero-order valence-corrected chi connectivity index (χ0v) is 14.8. The molecule has 2 atom stereocenters. The van der Waals surface area contributed by atoms with Crippen molar-refractivity contribution < 1.29 is 4.74 Å². The van der Waals surface area contributed by atoms with Crippen molar-refractivity contribution in [2.24, 2.45) is 5.41 Å². The molecule has 0 radical (unpaired) electrons. The topological polar surface area (TPSA) is 21.3 Å². The fourth-order valence-electron chi connectivity index (χ4n) is 3.64. The monoisotopic (exact) mass is 291 g/mol. The van der Waals surface area contributed by atoms with Crippen molar-refractivity contribution in [2.75, 3.05) is 7.11 Å². The maximum atomic E-state index is 5.79. The summed E-state index contributed by atoms with van der Waals surface area (Å²) in [7, 11) is 0.236. The molecule has 0 bridgehead atoms. The summed E-state index contributed by atoms with van der Waals surface area (Å²) in [6.45, 7) is 11.6.